The highest BCUT2D eigenvalue weighted by Crippen LogP contribution is 2.40. The zero-order valence-corrected chi connectivity index (χ0v) is 43.2. The lowest BCUT2D eigenvalue weighted by Crippen LogP contribution is -2.74. The quantitative estimate of drug-likeness (QED) is 0.112. The molecule has 2 aliphatic carbocycles. The van der Waals surface area contributed by atoms with Crippen molar-refractivity contribution >= 4 is 113 Å². The number of furan rings is 2. The number of benzene rings is 10. The summed E-state index contributed by atoms with van der Waals surface area (Å²) in [6.07, 6.45) is 12.3. The molecule has 4 aromatic heterocycles. The lowest BCUT2D eigenvalue weighted by atomic mass is 9.86. The molecule has 2 aliphatic rings. The summed E-state index contributed by atoms with van der Waals surface area (Å²) in [5, 5.41) is 13.7. The Labute approximate surface area is 446 Å². The molecule has 77 heavy (non-hydrogen) atoms. The number of allylic oxidation sites excluding steroid dienone is 1. The summed E-state index contributed by atoms with van der Waals surface area (Å²) in [6.45, 7) is 0. The fraction of sp³-hybridized carbons (Fsp3) is 0.0556. The summed E-state index contributed by atoms with van der Waals surface area (Å²) in [6, 6.07) is 87.9. The molecule has 0 fully saturated rings. The van der Waals surface area contributed by atoms with E-state index in [-0.39, 0.29) is 5.92 Å². The Kier molecular flexibility index (Phi) is 9.88. The van der Waals surface area contributed by atoms with Gasteiger partial charge in [-0.3, -0.25) is 0 Å². The third-order valence-electron chi connectivity index (χ3n) is 16.9. The number of hydrogen-bond donors (Lipinski definition) is 0. The highest BCUT2D eigenvalue weighted by atomic mass is 28.3. The number of aromatic nitrogens is 2. The van der Waals surface area contributed by atoms with Crippen LogP contribution in [0.25, 0.3) is 106 Å². The van der Waals surface area contributed by atoms with Crippen molar-refractivity contribution in [3.05, 3.63) is 270 Å². The molecule has 0 N–H and O–H groups in total. The topological polar surface area (TPSA) is 36.1 Å². The molecule has 0 saturated carbocycles. The Bertz CT molecular complexity index is 4690. The first-order valence-electron chi connectivity index (χ1n) is 27.0. The van der Waals surface area contributed by atoms with E-state index in [0.717, 1.165) is 79.7 Å². The van der Waals surface area contributed by atoms with E-state index in [4.69, 9.17) is 8.83 Å². The van der Waals surface area contributed by atoms with Gasteiger partial charge in [-0.15, -0.1) is 0 Å². The molecular weight excluding hydrogens is 953 g/mol. The van der Waals surface area contributed by atoms with Crippen LogP contribution in [0.15, 0.2) is 251 Å². The van der Waals surface area contributed by atoms with Crippen LogP contribution in [-0.4, -0.2) is 17.2 Å². The Morgan fingerprint density at radius 2 is 0.974 bits per heavy atom. The zero-order chi connectivity index (χ0) is 50.6. The molecule has 0 amide bonds. The third kappa shape index (κ3) is 6.70. The lowest BCUT2D eigenvalue weighted by Gasteiger charge is -2.35. The van der Waals surface area contributed by atoms with Gasteiger partial charge in [0.1, 0.15) is 22.2 Å². The average Bonchev–Trinajstić information content (AvgIpc) is 4.38. The number of para-hydroxylation sites is 3. The van der Waals surface area contributed by atoms with Gasteiger partial charge in [0.2, 0.25) is 0 Å². The molecule has 1 atom stereocenters. The van der Waals surface area contributed by atoms with Crippen LogP contribution in [0.5, 0.6) is 0 Å². The van der Waals surface area contributed by atoms with Crippen LogP contribution in [0.2, 0.25) is 0 Å². The molecule has 1 unspecified atom stereocenters. The van der Waals surface area contributed by atoms with Gasteiger partial charge >= 0.3 is 0 Å². The van der Waals surface area contributed by atoms with Gasteiger partial charge in [-0.05, 0) is 130 Å². The van der Waals surface area contributed by atoms with Gasteiger partial charge in [-0.2, -0.15) is 0 Å². The van der Waals surface area contributed by atoms with Gasteiger partial charge in [-0.25, -0.2) is 0 Å². The molecule has 0 saturated heterocycles. The number of nitrogens with zero attached hydrogens (tertiary/aromatic N) is 2. The first kappa shape index (κ1) is 43.9. The molecule has 10 aromatic carbocycles. The van der Waals surface area contributed by atoms with Crippen molar-refractivity contribution in [2.45, 2.75) is 25.2 Å². The predicted octanol–water partition coefficient (Wildman–Crippen LogP) is 14.1. The van der Waals surface area contributed by atoms with Gasteiger partial charge in [0.25, 0.3) is 0 Å². The number of rotatable bonds is 8. The van der Waals surface area contributed by atoms with Crippen LogP contribution < -0.4 is 31.4 Å². The summed E-state index contributed by atoms with van der Waals surface area (Å²) in [5.74, 6) is 0.0369. The predicted molar refractivity (Wildman–Crippen MR) is 323 cm³/mol. The standard InChI is InChI=1S/C72H50N2O2Si/c1-4-18-51(19-5-1)77(52-20-6-2-7-21-52,53-22-8-3-9-23-53)54-36-37-55(47-32-38-69-61(42-47)63-44-49(34-40-71(63)75-69)73-65-28-14-10-24-56(65)57-25-11-15-29-66(57)73)60(46-54)48-33-39-70-62(43-48)64-45-50(35-41-72(64)76-70)74-67-30-16-12-26-58(67)59-27-13-17-31-68(59)74/h1-14,16-28,30-32,34-46,48H,15,29,33H2. The van der Waals surface area contributed by atoms with Gasteiger partial charge in [0, 0.05) is 66.1 Å². The molecule has 4 nitrogen and oxygen atoms in total. The maximum Gasteiger partial charge on any atom is 0.179 e. The third-order valence-corrected chi connectivity index (χ3v) is 21.7. The largest absolute Gasteiger partial charge is 0.456 e. The van der Waals surface area contributed by atoms with E-state index in [1.54, 1.807) is 0 Å². The van der Waals surface area contributed by atoms with Gasteiger partial charge < -0.3 is 18.0 Å². The second-order valence-electron chi connectivity index (χ2n) is 20.9. The number of fused-ring (bicyclic) bond motifs is 12. The molecule has 0 aliphatic heterocycles. The minimum Gasteiger partial charge on any atom is -0.456 e. The minimum absolute atomic E-state index is 0.0369. The molecular formula is C72H50N2O2Si. The van der Waals surface area contributed by atoms with Crippen molar-refractivity contribution in [2.75, 3.05) is 0 Å². The van der Waals surface area contributed by atoms with Crippen LogP contribution in [0, 0.1) is 0 Å². The van der Waals surface area contributed by atoms with Crippen LogP contribution >= 0.6 is 0 Å². The van der Waals surface area contributed by atoms with Gasteiger partial charge in [-0.1, -0.05) is 188 Å². The Balaban J connectivity index is 0.921. The second kappa shape index (κ2) is 17.3. The lowest BCUT2D eigenvalue weighted by molar-refractivity contribution is 0.570. The number of hydrogen-bond acceptors (Lipinski definition) is 2. The maximum atomic E-state index is 6.75. The van der Waals surface area contributed by atoms with E-state index >= 15 is 0 Å². The SMILES string of the molecule is C1=Cc2c(n(-c3ccc4oc5ccc(-c6ccc([Si](c7ccccc7)(c7ccccc7)c7ccccc7)cc6C6C=c7c(oc8ccc(-n9c%10ccccc%10c%10ccccc%109)cc78)=CC6)cc5c4c3)c3ccccc23)CC1. The molecule has 0 bridgehead atoms. The second-order valence-corrected chi connectivity index (χ2v) is 24.8. The van der Waals surface area contributed by atoms with Gasteiger partial charge in [0.15, 0.2) is 8.07 Å². The van der Waals surface area contributed by atoms with Crippen molar-refractivity contribution in [2.24, 2.45) is 0 Å². The highest BCUT2D eigenvalue weighted by molar-refractivity contribution is 7.19. The first-order valence-corrected chi connectivity index (χ1v) is 29.0. The summed E-state index contributed by atoms with van der Waals surface area (Å²) < 4.78 is 18.3. The average molecular weight is 1000 g/mol. The summed E-state index contributed by atoms with van der Waals surface area (Å²) in [5.41, 5.74) is 15.9. The zero-order valence-electron chi connectivity index (χ0n) is 42.2. The Hall–Kier alpha value is -9.42. The Morgan fingerprint density at radius 3 is 1.64 bits per heavy atom. The minimum atomic E-state index is -2.90. The van der Waals surface area contributed by atoms with E-state index < -0.39 is 8.07 Å². The van der Waals surface area contributed by atoms with E-state index in [1.807, 2.05) is 0 Å². The molecule has 4 heterocycles. The maximum absolute atomic E-state index is 6.75. The molecule has 364 valence electrons. The summed E-state index contributed by atoms with van der Waals surface area (Å²) in [4.78, 5) is 0. The van der Waals surface area contributed by atoms with Crippen molar-refractivity contribution < 1.29 is 8.83 Å². The van der Waals surface area contributed by atoms with Crippen molar-refractivity contribution in [3.8, 4) is 22.5 Å². The van der Waals surface area contributed by atoms with Crippen LogP contribution in [0.4, 0.5) is 0 Å². The first-order chi connectivity index (χ1) is 38.2. The van der Waals surface area contributed by atoms with E-state index in [9.17, 15) is 0 Å². The van der Waals surface area contributed by atoms with Crippen LogP contribution in [0.3, 0.4) is 0 Å². The summed E-state index contributed by atoms with van der Waals surface area (Å²) >= 11 is 0. The fourth-order valence-electron chi connectivity index (χ4n) is 13.5. The molecule has 16 rings (SSSR count). The van der Waals surface area contributed by atoms with Crippen LogP contribution in [-0.2, 0) is 6.42 Å². The van der Waals surface area contributed by atoms with E-state index in [2.05, 4.69) is 270 Å². The van der Waals surface area contributed by atoms with E-state index in [0.29, 0.717) is 0 Å². The summed E-state index contributed by atoms with van der Waals surface area (Å²) in [7, 11) is -2.90. The van der Waals surface area contributed by atoms with Crippen LogP contribution in [0.1, 0.15) is 35.6 Å². The highest BCUT2D eigenvalue weighted by Gasteiger charge is 2.42. The normalized spacial score (nSPS) is 14.4. The molecule has 0 spiro atoms. The van der Waals surface area contributed by atoms with Crippen molar-refractivity contribution in [1.82, 2.24) is 9.13 Å². The molecule has 14 aromatic rings. The Morgan fingerprint density at radius 1 is 0.429 bits per heavy atom. The van der Waals surface area contributed by atoms with Crippen molar-refractivity contribution in [3.63, 3.8) is 0 Å². The molecule has 5 heteroatoms. The smallest absolute Gasteiger partial charge is 0.179 e. The van der Waals surface area contributed by atoms with Gasteiger partial charge in [0.05, 0.1) is 16.6 Å². The monoisotopic (exact) mass is 1000 g/mol. The van der Waals surface area contributed by atoms with E-state index in [1.165, 1.54) is 75.8 Å². The molecule has 0 radical (unpaired) electrons. The van der Waals surface area contributed by atoms with Crippen molar-refractivity contribution in [1.29, 1.82) is 0 Å². The fourth-order valence-corrected chi connectivity index (χ4v) is 18.3.